The number of benzene rings is 2. The van der Waals surface area contributed by atoms with Gasteiger partial charge in [0.25, 0.3) is 17.3 Å². The van der Waals surface area contributed by atoms with Gasteiger partial charge in [-0.05, 0) is 25.1 Å². The van der Waals surface area contributed by atoms with Crippen LogP contribution in [-0.4, -0.2) is 15.8 Å². The maximum atomic E-state index is 12.1. The molecule has 0 aliphatic heterocycles. The van der Waals surface area contributed by atoms with Gasteiger partial charge < -0.3 is 5.32 Å². The maximum absolute atomic E-state index is 12.1. The summed E-state index contributed by atoms with van der Waals surface area (Å²) in [5.41, 5.74) is 0.479. The number of anilines is 1. The van der Waals surface area contributed by atoms with Crippen LogP contribution in [0.5, 0.6) is 0 Å². The average Bonchev–Trinajstić information content (AvgIpc) is 2.48. The zero-order valence-corrected chi connectivity index (χ0v) is 12.5. The van der Waals surface area contributed by atoms with Crippen LogP contribution in [0.15, 0.2) is 36.4 Å². The van der Waals surface area contributed by atoms with Gasteiger partial charge in [0.05, 0.1) is 20.6 Å². The fourth-order valence-electron chi connectivity index (χ4n) is 1.91. The van der Waals surface area contributed by atoms with Crippen molar-refractivity contribution >= 4 is 34.6 Å². The number of carbonyl (C=O) groups excluding carboxylic acids is 1. The number of halogens is 1. The van der Waals surface area contributed by atoms with E-state index < -0.39 is 15.8 Å². The van der Waals surface area contributed by atoms with E-state index in [1.165, 1.54) is 37.3 Å². The van der Waals surface area contributed by atoms with Gasteiger partial charge in [0, 0.05) is 29.3 Å². The molecule has 0 unspecified atom stereocenters. The van der Waals surface area contributed by atoms with Crippen molar-refractivity contribution in [3.8, 4) is 0 Å². The summed E-state index contributed by atoms with van der Waals surface area (Å²) in [7, 11) is 0. The largest absolute Gasteiger partial charge is 0.321 e. The van der Waals surface area contributed by atoms with Crippen molar-refractivity contribution in [2.45, 2.75) is 6.92 Å². The lowest BCUT2D eigenvalue weighted by Crippen LogP contribution is -2.12. The second-order valence-electron chi connectivity index (χ2n) is 4.63. The van der Waals surface area contributed by atoms with E-state index in [2.05, 4.69) is 5.32 Å². The molecule has 2 aromatic carbocycles. The molecule has 2 aromatic rings. The number of rotatable bonds is 4. The first-order valence-electron chi connectivity index (χ1n) is 6.30. The smallest absolute Gasteiger partial charge is 0.272 e. The van der Waals surface area contributed by atoms with Crippen molar-refractivity contribution in [2.24, 2.45) is 0 Å². The Bertz CT molecular complexity index is 822. The molecule has 1 amide bonds. The monoisotopic (exact) mass is 335 g/mol. The molecule has 0 atom stereocenters. The molecule has 0 saturated carbocycles. The Hall–Kier alpha value is -3.00. The first-order chi connectivity index (χ1) is 10.8. The van der Waals surface area contributed by atoms with E-state index in [9.17, 15) is 25.0 Å². The van der Waals surface area contributed by atoms with Crippen LogP contribution >= 0.6 is 11.6 Å². The Morgan fingerprint density at radius 1 is 1.09 bits per heavy atom. The van der Waals surface area contributed by atoms with E-state index in [-0.39, 0.29) is 27.6 Å². The number of amides is 1. The Labute approximate surface area is 135 Å². The number of carbonyl (C=O) groups is 1. The van der Waals surface area contributed by atoms with Gasteiger partial charge in [0.1, 0.15) is 0 Å². The van der Waals surface area contributed by atoms with Crippen LogP contribution in [0.2, 0.25) is 5.02 Å². The number of aryl methyl sites for hydroxylation is 1. The molecule has 0 radical (unpaired) electrons. The van der Waals surface area contributed by atoms with Crippen LogP contribution in [0.25, 0.3) is 0 Å². The van der Waals surface area contributed by atoms with E-state index in [0.717, 1.165) is 6.07 Å². The molecule has 0 spiro atoms. The molecule has 8 nitrogen and oxygen atoms in total. The Balaban J connectivity index is 2.24. The SMILES string of the molecule is Cc1cc(C(=O)Nc2ccc([N+](=O)[O-])cc2Cl)ccc1[N+](=O)[O-]. The van der Waals surface area contributed by atoms with E-state index >= 15 is 0 Å². The van der Waals surface area contributed by atoms with Gasteiger partial charge >= 0.3 is 0 Å². The number of nitro groups is 2. The van der Waals surface area contributed by atoms with Crippen molar-refractivity contribution in [1.82, 2.24) is 0 Å². The summed E-state index contributed by atoms with van der Waals surface area (Å²) in [4.78, 5) is 32.4. The second kappa shape index (κ2) is 6.41. The summed E-state index contributed by atoms with van der Waals surface area (Å²) in [6, 6.07) is 7.59. The number of nitrogens with one attached hydrogen (secondary N) is 1. The highest BCUT2D eigenvalue weighted by atomic mass is 35.5. The van der Waals surface area contributed by atoms with Gasteiger partial charge in [0.2, 0.25) is 0 Å². The summed E-state index contributed by atoms with van der Waals surface area (Å²) in [5, 5.41) is 23.9. The molecule has 118 valence electrons. The Kier molecular flexibility index (Phi) is 4.56. The number of non-ortho nitro benzene ring substituents is 1. The zero-order valence-electron chi connectivity index (χ0n) is 11.8. The van der Waals surface area contributed by atoms with Crippen LogP contribution < -0.4 is 5.32 Å². The van der Waals surface area contributed by atoms with E-state index in [1.807, 2.05) is 0 Å². The normalized spacial score (nSPS) is 10.2. The highest BCUT2D eigenvalue weighted by Gasteiger charge is 2.16. The van der Waals surface area contributed by atoms with Gasteiger partial charge in [-0.2, -0.15) is 0 Å². The Morgan fingerprint density at radius 2 is 1.78 bits per heavy atom. The van der Waals surface area contributed by atoms with Crippen LogP contribution in [0.1, 0.15) is 15.9 Å². The molecule has 2 rings (SSSR count). The number of hydrogen-bond donors (Lipinski definition) is 1. The third-order valence-electron chi connectivity index (χ3n) is 3.07. The van der Waals surface area contributed by atoms with E-state index in [0.29, 0.717) is 5.56 Å². The lowest BCUT2D eigenvalue weighted by atomic mass is 10.1. The van der Waals surface area contributed by atoms with Gasteiger partial charge in [-0.25, -0.2) is 0 Å². The van der Waals surface area contributed by atoms with Crippen LogP contribution in [0.3, 0.4) is 0 Å². The fourth-order valence-corrected chi connectivity index (χ4v) is 2.14. The third kappa shape index (κ3) is 3.61. The molecular weight excluding hydrogens is 326 g/mol. The second-order valence-corrected chi connectivity index (χ2v) is 5.04. The van der Waals surface area contributed by atoms with Crippen molar-refractivity contribution in [3.05, 3.63) is 72.8 Å². The van der Waals surface area contributed by atoms with Crippen LogP contribution in [0.4, 0.5) is 17.1 Å². The van der Waals surface area contributed by atoms with E-state index in [1.54, 1.807) is 0 Å². The number of hydrogen-bond acceptors (Lipinski definition) is 5. The highest BCUT2D eigenvalue weighted by molar-refractivity contribution is 6.34. The molecule has 0 fully saturated rings. The molecule has 0 aliphatic carbocycles. The van der Waals surface area contributed by atoms with Crippen LogP contribution in [0, 0.1) is 27.2 Å². The predicted molar refractivity (Wildman–Crippen MR) is 83.9 cm³/mol. The minimum absolute atomic E-state index is 0.0196. The van der Waals surface area contributed by atoms with Gasteiger partial charge in [-0.15, -0.1) is 0 Å². The lowest BCUT2D eigenvalue weighted by Gasteiger charge is -2.08. The summed E-state index contributed by atoms with van der Waals surface area (Å²) in [6.07, 6.45) is 0. The van der Waals surface area contributed by atoms with Crippen molar-refractivity contribution in [2.75, 3.05) is 5.32 Å². The van der Waals surface area contributed by atoms with E-state index in [4.69, 9.17) is 11.6 Å². The van der Waals surface area contributed by atoms with Crippen molar-refractivity contribution in [3.63, 3.8) is 0 Å². The first-order valence-corrected chi connectivity index (χ1v) is 6.67. The average molecular weight is 336 g/mol. The quantitative estimate of drug-likeness (QED) is 0.675. The summed E-state index contributed by atoms with van der Waals surface area (Å²) >= 11 is 5.89. The maximum Gasteiger partial charge on any atom is 0.272 e. The van der Waals surface area contributed by atoms with Crippen molar-refractivity contribution in [1.29, 1.82) is 0 Å². The molecule has 0 aromatic heterocycles. The predicted octanol–water partition coefficient (Wildman–Crippen LogP) is 3.72. The number of nitrogens with zero attached hydrogens (tertiary/aromatic N) is 2. The minimum Gasteiger partial charge on any atom is -0.321 e. The van der Waals surface area contributed by atoms with Crippen LogP contribution in [-0.2, 0) is 0 Å². The van der Waals surface area contributed by atoms with Gasteiger partial charge in [-0.3, -0.25) is 25.0 Å². The lowest BCUT2D eigenvalue weighted by molar-refractivity contribution is -0.385. The summed E-state index contributed by atoms with van der Waals surface area (Å²) in [5.74, 6) is -0.529. The molecular formula is C14H10ClN3O5. The molecule has 9 heteroatoms. The summed E-state index contributed by atoms with van der Waals surface area (Å²) in [6.45, 7) is 1.52. The molecule has 0 heterocycles. The minimum atomic E-state index is -0.600. The zero-order chi connectivity index (χ0) is 17.1. The molecule has 1 N–H and O–H groups in total. The summed E-state index contributed by atoms with van der Waals surface area (Å²) < 4.78 is 0. The standard InChI is InChI=1S/C14H10ClN3O5/c1-8-6-9(2-5-13(8)18(22)23)14(19)16-12-4-3-10(17(20)21)7-11(12)15/h2-7H,1H3,(H,16,19). The third-order valence-corrected chi connectivity index (χ3v) is 3.38. The topological polar surface area (TPSA) is 115 Å². The van der Waals surface area contributed by atoms with Gasteiger partial charge in [-0.1, -0.05) is 11.6 Å². The molecule has 0 aliphatic rings. The fraction of sp³-hybridized carbons (Fsp3) is 0.0714. The first kappa shape index (κ1) is 16.4. The number of nitro benzene ring substituents is 2. The Morgan fingerprint density at radius 3 is 2.30 bits per heavy atom. The molecule has 0 saturated heterocycles. The molecule has 23 heavy (non-hydrogen) atoms. The van der Waals surface area contributed by atoms with Gasteiger partial charge in [0.15, 0.2) is 0 Å². The highest BCUT2D eigenvalue weighted by Crippen LogP contribution is 2.27. The molecule has 0 bridgehead atoms. The van der Waals surface area contributed by atoms with Crippen molar-refractivity contribution < 1.29 is 14.6 Å².